The summed E-state index contributed by atoms with van der Waals surface area (Å²) in [4.78, 5) is 33.0. The highest BCUT2D eigenvalue weighted by molar-refractivity contribution is 6.07. The zero-order valence-electron chi connectivity index (χ0n) is 16.8. The Morgan fingerprint density at radius 3 is 1.88 bits per heavy atom. The molecule has 8 nitrogen and oxygen atoms in total. The Bertz CT molecular complexity index is 1250. The maximum atomic E-state index is 12.7. The molecule has 2 aromatic carbocycles. The van der Waals surface area contributed by atoms with Gasteiger partial charge in [-0.2, -0.15) is 5.11 Å². The predicted molar refractivity (Wildman–Crippen MR) is 121 cm³/mol. The summed E-state index contributed by atoms with van der Waals surface area (Å²) < 4.78 is 0. The van der Waals surface area contributed by atoms with E-state index in [0.29, 0.717) is 33.9 Å². The molecule has 0 aliphatic heterocycles. The van der Waals surface area contributed by atoms with Crippen molar-refractivity contribution in [1.82, 2.24) is 9.97 Å². The quantitative estimate of drug-likeness (QED) is 0.406. The maximum absolute atomic E-state index is 12.7. The third-order valence-electron chi connectivity index (χ3n) is 4.42. The summed E-state index contributed by atoms with van der Waals surface area (Å²) in [6, 6.07) is 20.7. The Morgan fingerprint density at radius 1 is 0.656 bits per heavy atom. The van der Waals surface area contributed by atoms with Crippen LogP contribution in [0.1, 0.15) is 20.7 Å². The van der Waals surface area contributed by atoms with E-state index in [1.807, 2.05) is 30.3 Å². The minimum absolute atomic E-state index is 0.294. The van der Waals surface area contributed by atoms with Crippen molar-refractivity contribution in [1.29, 1.82) is 0 Å². The number of aromatic nitrogens is 2. The first-order valence-corrected chi connectivity index (χ1v) is 9.73. The summed E-state index contributed by atoms with van der Waals surface area (Å²) in [6.07, 6.45) is 6.16. The number of benzene rings is 2. The molecule has 0 aliphatic rings. The number of amides is 2. The van der Waals surface area contributed by atoms with Gasteiger partial charge in [0.25, 0.3) is 11.8 Å². The molecule has 0 saturated carbocycles. The maximum Gasteiger partial charge on any atom is 0.255 e. The molecule has 2 aromatic heterocycles. The van der Waals surface area contributed by atoms with E-state index in [0.717, 1.165) is 0 Å². The minimum atomic E-state index is -0.332. The van der Waals surface area contributed by atoms with Crippen molar-refractivity contribution in [3.8, 4) is 0 Å². The molecular weight excluding hydrogens is 404 g/mol. The van der Waals surface area contributed by atoms with Crippen LogP contribution < -0.4 is 10.6 Å². The second-order valence-corrected chi connectivity index (χ2v) is 6.65. The largest absolute Gasteiger partial charge is 0.322 e. The van der Waals surface area contributed by atoms with Crippen LogP contribution in [0.4, 0.5) is 22.7 Å². The van der Waals surface area contributed by atoms with Gasteiger partial charge in [0.1, 0.15) is 5.69 Å². The van der Waals surface area contributed by atoms with E-state index in [1.54, 1.807) is 54.9 Å². The van der Waals surface area contributed by atoms with Crippen LogP contribution in [0.25, 0.3) is 0 Å². The normalized spacial score (nSPS) is 10.6. The van der Waals surface area contributed by atoms with Crippen molar-refractivity contribution in [2.24, 2.45) is 10.2 Å². The standard InChI is InChI=1S/C24H18N6O2/c31-23(17-8-12-25-13-9-17)27-20-6-7-21(30-29-19-4-2-1-3-5-19)22(16-20)28-24(32)18-10-14-26-15-11-18/h1-16H,(H,27,31)(H,28,32). The van der Waals surface area contributed by atoms with E-state index in [-0.39, 0.29) is 11.8 Å². The molecule has 2 heterocycles. The second-order valence-electron chi connectivity index (χ2n) is 6.65. The van der Waals surface area contributed by atoms with Crippen molar-refractivity contribution in [3.05, 3.63) is 109 Å². The van der Waals surface area contributed by atoms with Gasteiger partial charge < -0.3 is 10.6 Å². The Balaban J connectivity index is 1.62. The molecule has 0 saturated heterocycles. The van der Waals surface area contributed by atoms with Crippen LogP contribution in [0.3, 0.4) is 0 Å². The molecule has 0 spiro atoms. The van der Waals surface area contributed by atoms with Gasteiger partial charge in [-0.25, -0.2) is 0 Å². The summed E-state index contributed by atoms with van der Waals surface area (Å²) >= 11 is 0. The van der Waals surface area contributed by atoms with E-state index in [9.17, 15) is 9.59 Å². The fourth-order valence-electron chi connectivity index (χ4n) is 2.81. The third-order valence-corrected chi connectivity index (χ3v) is 4.42. The predicted octanol–water partition coefficient (Wildman–Crippen LogP) is 5.40. The zero-order chi connectivity index (χ0) is 22.2. The first-order valence-electron chi connectivity index (χ1n) is 9.73. The molecule has 0 unspecified atom stereocenters. The molecule has 32 heavy (non-hydrogen) atoms. The van der Waals surface area contributed by atoms with Crippen LogP contribution in [0.15, 0.2) is 108 Å². The summed E-state index contributed by atoms with van der Waals surface area (Å²) in [5.74, 6) is -0.626. The summed E-state index contributed by atoms with van der Waals surface area (Å²) in [5.41, 5.74) is 2.93. The lowest BCUT2D eigenvalue weighted by atomic mass is 10.2. The average Bonchev–Trinajstić information content (AvgIpc) is 2.85. The molecule has 2 N–H and O–H groups in total. The van der Waals surface area contributed by atoms with Crippen LogP contribution >= 0.6 is 0 Å². The molecule has 0 aliphatic carbocycles. The lowest BCUT2D eigenvalue weighted by Crippen LogP contribution is -2.14. The van der Waals surface area contributed by atoms with Crippen LogP contribution in [-0.2, 0) is 0 Å². The Morgan fingerprint density at radius 2 is 1.25 bits per heavy atom. The van der Waals surface area contributed by atoms with Gasteiger partial charge in [-0.05, 0) is 54.6 Å². The number of azo groups is 1. The molecule has 0 fully saturated rings. The Labute approximate surface area is 184 Å². The third kappa shape index (κ3) is 5.25. The van der Waals surface area contributed by atoms with Crippen molar-refractivity contribution in [3.63, 3.8) is 0 Å². The Hall–Kier alpha value is -4.72. The number of carbonyl (C=O) groups is 2. The van der Waals surface area contributed by atoms with E-state index in [4.69, 9.17) is 0 Å². The zero-order valence-corrected chi connectivity index (χ0v) is 16.8. The van der Waals surface area contributed by atoms with Gasteiger partial charge in [0.15, 0.2) is 0 Å². The van der Waals surface area contributed by atoms with Gasteiger partial charge in [0.2, 0.25) is 0 Å². The molecular formula is C24H18N6O2. The number of rotatable bonds is 6. The van der Waals surface area contributed by atoms with Crippen molar-refractivity contribution < 1.29 is 9.59 Å². The monoisotopic (exact) mass is 422 g/mol. The molecule has 4 aromatic rings. The molecule has 2 amide bonds. The molecule has 0 radical (unpaired) electrons. The SMILES string of the molecule is O=C(Nc1ccc(N=Nc2ccccc2)c(NC(=O)c2ccncc2)c1)c1ccncc1. The van der Waals surface area contributed by atoms with Gasteiger partial charge >= 0.3 is 0 Å². The lowest BCUT2D eigenvalue weighted by Gasteiger charge is -2.11. The Kier molecular flexibility index (Phi) is 6.33. The van der Waals surface area contributed by atoms with Crippen molar-refractivity contribution in [2.75, 3.05) is 10.6 Å². The molecule has 8 heteroatoms. The summed E-state index contributed by atoms with van der Waals surface area (Å²) in [5, 5.41) is 14.2. The average molecular weight is 422 g/mol. The van der Waals surface area contributed by atoms with Gasteiger partial charge in [-0.1, -0.05) is 18.2 Å². The van der Waals surface area contributed by atoms with Gasteiger partial charge in [-0.3, -0.25) is 19.6 Å². The lowest BCUT2D eigenvalue weighted by molar-refractivity contribution is 0.101. The number of hydrogen-bond donors (Lipinski definition) is 2. The highest BCUT2D eigenvalue weighted by Gasteiger charge is 2.12. The first kappa shape index (κ1) is 20.5. The van der Waals surface area contributed by atoms with Crippen molar-refractivity contribution >= 4 is 34.6 Å². The summed E-state index contributed by atoms with van der Waals surface area (Å²) in [6.45, 7) is 0. The van der Waals surface area contributed by atoms with Crippen LogP contribution in [0.5, 0.6) is 0 Å². The van der Waals surface area contributed by atoms with E-state index >= 15 is 0 Å². The van der Waals surface area contributed by atoms with Gasteiger partial charge in [0, 0.05) is 41.6 Å². The van der Waals surface area contributed by atoms with Crippen LogP contribution in [-0.4, -0.2) is 21.8 Å². The second kappa shape index (κ2) is 9.86. The van der Waals surface area contributed by atoms with E-state index in [1.165, 1.54) is 12.4 Å². The minimum Gasteiger partial charge on any atom is -0.322 e. The fourth-order valence-corrected chi connectivity index (χ4v) is 2.81. The molecule has 4 rings (SSSR count). The van der Waals surface area contributed by atoms with E-state index in [2.05, 4.69) is 30.8 Å². The number of carbonyl (C=O) groups excluding carboxylic acids is 2. The molecule has 0 atom stereocenters. The number of nitrogens with zero attached hydrogens (tertiary/aromatic N) is 4. The smallest absolute Gasteiger partial charge is 0.255 e. The summed E-state index contributed by atoms with van der Waals surface area (Å²) in [7, 11) is 0. The first-order chi connectivity index (χ1) is 15.7. The fraction of sp³-hybridized carbons (Fsp3) is 0. The number of nitrogens with one attached hydrogen (secondary N) is 2. The van der Waals surface area contributed by atoms with Crippen molar-refractivity contribution in [2.45, 2.75) is 0 Å². The highest BCUT2D eigenvalue weighted by atomic mass is 16.2. The topological polar surface area (TPSA) is 109 Å². The highest BCUT2D eigenvalue weighted by Crippen LogP contribution is 2.31. The number of anilines is 2. The van der Waals surface area contributed by atoms with Crippen LogP contribution in [0, 0.1) is 0 Å². The van der Waals surface area contributed by atoms with E-state index < -0.39 is 0 Å². The van der Waals surface area contributed by atoms with Crippen LogP contribution in [0.2, 0.25) is 0 Å². The van der Waals surface area contributed by atoms with Gasteiger partial charge in [0.05, 0.1) is 11.4 Å². The number of hydrogen-bond acceptors (Lipinski definition) is 6. The number of pyridine rings is 2. The van der Waals surface area contributed by atoms with Gasteiger partial charge in [-0.15, -0.1) is 5.11 Å². The molecule has 0 bridgehead atoms. The molecule has 156 valence electrons.